The van der Waals surface area contributed by atoms with Crippen LogP contribution in [0.15, 0.2) is 104 Å². The molecule has 0 unspecified atom stereocenters. The van der Waals surface area contributed by atoms with Gasteiger partial charge in [0.15, 0.2) is 0 Å². The topological polar surface area (TPSA) is 125 Å². The maximum absolute atomic E-state index is 15.2. The first-order valence-corrected chi connectivity index (χ1v) is 18.5. The Labute approximate surface area is 315 Å². The van der Waals surface area contributed by atoms with Crippen molar-refractivity contribution in [1.29, 1.82) is 0 Å². The molecule has 0 saturated carbocycles. The molecular formula is C42H46ClN3O7. The third-order valence-electron chi connectivity index (χ3n) is 10.7. The average molecular weight is 740 g/mol. The van der Waals surface area contributed by atoms with E-state index in [1.165, 1.54) is 9.80 Å². The number of anilines is 1. The molecule has 7 atom stereocenters. The number of hydrogen-bond acceptors (Lipinski definition) is 7. The van der Waals surface area contributed by atoms with Gasteiger partial charge in [0.1, 0.15) is 18.2 Å². The second-order valence-corrected chi connectivity index (χ2v) is 14.4. The molecule has 3 aromatic rings. The van der Waals surface area contributed by atoms with E-state index in [-0.39, 0.29) is 26.0 Å². The number of carbonyl (C=O) groups excluding carboxylic acids is 4. The minimum Gasteiger partial charge on any atom is -0.463 e. The second kappa shape index (κ2) is 16.5. The zero-order valence-electron chi connectivity index (χ0n) is 29.9. The molecule has 53 heavy (non-hydrogen) atoms. The van der Waals surface area contributed by atoms with Gasteiger partial charge in [0.05, 0.1) is 47.3 Å². The van der Waals surface area contributed by atoms with Crippen LogP contribution in [0.3, 0.4) is 0 Å². The van der Waals surface area contributed by atoms with Crippen molar-refractivity contribution in [1.82, 2.24) is 10.2 Å². The fourth-order valence-electron chi connectivity index (χ4n) is 8.38. The number of rotatable bonds is 16. The van der Waals surface area contributed by atoms with Crippen LogP contribution >= 0.6 is 11.6 Å². The van der Waals surface area contributed by atoms with Crippen molar-refractivity contribution in [3.05, 3.63) is 126 Å². The van der Waals surface area contributed by atoms with E-state index >= 15 is 4.79 Å². The number of aliphatic hydroxyl groups excluding tert-OH is 1. The minimum absolute atomic E-state index is 0.1000. The Hall–Kier alpha value is -4.77. The number of amides is 3. The summed E-state index contributed by atoms with van der Waals surface area (Å²) in [6.07, 6.45) is 4.30. The number of aryl methyl sites for hydroxylation is 1. The first kappa shape index (κ1) is 38.0. The Morgan fingerprint density at radius 1 is 1.08 bits per heavy atom. The highest BCUT2D eigenvalue weighted by atomic mass is 35.5. The SMILES string of the molecule is C=CCCC(=O)OC[C@@H](NC(=O)[C@@H]1[C@@H]2CC[C@]3(O2)[C@H](C(=O)N(CC=C)c2c(C)cccc2Cl)N([C@@H](CO)Cc2ccccc2)C(=O)[C@@H]13)c1ccccc1. The number of nitrogens with zero attached hydrogens (tertiary/aromatic N) is 2. The molecule has 11 heteroatoms. The van der Waals surface area contributed by atoms with Gasteiger partial charge >= 0.3 is 5.97 Å². The van der Waals surface area contributed by atoms with Gasteiger partial charge in [0, 0.05) is 13.0 Å². The molecule has 0 aromatic heterocycles. The monoisotopic (exact) mass is 739 g/mol. The molecule has 3 amide bonds. The van der Waals surface area contributed by atoms with Gasteiger partial charge in [-0.3, -0.25) is 19.2 Å². The number of ether oxygens (including phenoxy) is 2. The summed E-state index contributed by atoms with van der Waals surface area (Å²) in [7, 11) is 0. The van der Waals surface area contributed by atoms with Crippen molar-refractivity contribution in [2.24, 2.45) is 11.8 Å². The van der Waals surface area contributed by atoms with Gasteiger partial charge in [0.2, 0.25) is 11.8 Å². The van der Waals surface area contributed by atoms with E-state index in [2.05, 4.69) is 18.5 Å². The predicted molar refractivity (Wildman–Crippen MR) is 202 cm³/mol. The summed E-state index contributed by atoms with van der Waals surface area (Å²) in [5, 5.41) is 14.3. The van der Waals surface area contributed by atoms with E-state index in [9.17, 15) is 19.5 Å². The summed E-state index contributed by atoms with van der Waals surface area (Å²) in [5.41, 5.74) is 1.50. The Morgan fingerprint density at radius 2 is 1.79 bits per heavy atom. The lowest BCUT2D eigenvalue weighted by molar-refractivity contribution is -0.146. The molecule has 0 aliphatic carbocycles. The van der Waals surface area contributed by atoms with Crippen LogP contribution in [-0.2, 0) is 35.1 Å². The highest BCUT2D eigenvalue weighted by Crippen LogP contribution is 2.59. The van der Waals surface area contributed by atoms with Gasteiger partial charge in [-0.25, -0.2) is 0 Å². The lowest BCUT2D eigenvalue weighted by atomic mass is 9.70. The van der Waals surface area contributed by atoms with Crippen LogP contribution in [0.1, 0.15) is 48.4 Å². The molecular weight excluding hydrogens is 694 g/mol. The molecule has 1 spiro atoms. The number of allylic oxidation sites excluding steroid dienone is 1. The number of aliphatic hydroxyl groups is 1. The first-order valence-electron chi connectivity index (χ1n) is 18.1. The molecule has 0 radical (unpaired) electrons. The molecule has 278 valence electrons. The third kappa shape index (κ3) is 7.40. The lowest BCUT2D eigenvalue weighted by Gasteiger charge is -2.39. The van der Waals surface area contributed by atoms with E-state index in [1.54, 1.807) is 24.3 Å². The van der Waals surface area contributed by atoms with E-state index in [1.807, 2.05) is 73.7 Å². The van der Waals surface area contributed by atoms with E-state index in [0.29, 0.717) is 30.0 Å². The van der Waals surface area contributed by atoms with Crippen molar-refractivity contribution < 1.29 is 33.8 Å². The largest absolute Gasteiger partial charge is 0.463 e. The third-order valence-corrected chi connectivity index (χ3v) is 11.0. The van der Waals surface area contributed by atoms with Crippen LogP contribution < -0.4 is 10.2 Å². The standard InChI is InChI=1S/C42H46ClN3O7/c1-4-6-20-34(48)52-26-32(29-17-11-8-12-18-29)44-39(49)35-33-21-22-42(53-33)36(35)40(50)46(30(25-47)24-28-15-9-7-10-16-28)38(42)41(51)45(23-5-2)37-27(3)14-13-19-31(37)43/h4-5,7-19,30,32-33,35-36,38,47H,1-2,6,20-26H2,3H3,(H,44,49)/t30-,32-,33+,35-,36-,38+,42-/m1/s1. The maximum Gasteiger partial charge on any atom is 0.306 e. The second-order valence-electron chi connectivity index (χ2n) is 14.0. The minimum atomic E-state index is -1.35. The quantitative estimate of drug-likeness (QED) is 0.147. The van der Waals surface area contributed by atoms with Gasteiger partial charge in [-0.15, -0.1) is 13.2 Å². The number of benzene rings is 3. The molecule has 3 saturated heterocycles. The number of nitrogens with one attached hydrogen (secondary N) is 1. The molecule has 2 N–H and O–H groups in total. The molecule has 6 rings (SSSR count). The number of hydrogen-bond donors (Lipinski definition) is 2. The molecule has 3 aromatic carbocycles. The van der Waals surface area contributed by atoms with Crippen LogP contribution in [0.5, 0.6) is 0 Å². The molecule has 3 aliphatic heterocycles. The number of halogens is 1. The summed E-state index contributed by atoms with van der Waals surface area (Å²) in [4.78, 5) is 60.1. The summed E-state index contributed by atoms with van der Waals surface area (Å²) in [6, 6.07) is 21.3. The average Bonchev–Trinajstić information content (AvgIpc) is 3.82. The van der Waals surface area contributed by atoms with E-state index < -0.39 is 72.0 Å². The van der Waals surface area contributed by atoms with Gasteiger partial charge in [-0.1, -0.05) is 96.5 Å². The number of likely N-dealkylation sites (tertiary alicyclic amines) is 1. The Kier molecular flexibility index (Phi) is 11.8. The normalized spacial score (nSPS) is 23.9. The van der Waals surface area contributed by atoms with Crippen LogP contribution in [-0.4, -0.2) is 77.2 Å². The van der Waals surface area contributed by atoms with Gasteiger partial charge in [0.25, 0.3) is 5.91 Å². The Morgan fingerprint density at radius 3 is 2.45 bits per heavy atom. The summed E-state index contributed by atoms with van der Waals surface area (Å²) < 4.78 is 12.3. The smallest absolute Gasteiger partial charge is 0.306 e. The first-order chi connectivity index (χ1) is 25.6. The molecule has 10 nitrogen and oxygen atoms in total. The lowest BCUT2D eigenvalue weighted by Crippen LogP contribution is -2.59. The fraction of sp³-hybridized carbons (Fsp3) is 0.381. The van der Waals surface area contributed by atoms with Crippen LogP contribution in [0.25, 0.3) is 0 Å². The predicted octanol–water partition coefficient (Wildman–Crippen LogP) is 5.51. The van der Waals surface area contributed by atoms with Crippen molar-refractivity contribution in [2.75, 3.05) is 24.7 Å². The number of fused-ring (bicyclic) bond motifs is 1. The zero-order valence-corrected chi connectivity index (χ0v) is 30.6. The van der Waals surface area contributed by atoms with Crippen molar-refractivity contribution in [3.8, 4) is 0 Å². The van der Waals surface area contributed by atoms with Gasteiger partial charge < -0.3 is 29.7 Å². The maximum atomic E-state index is 15.2. The number of carbonyl (C=O) groups is 4. The molecule has 3 aliphatic rings. The molecule has 3 fully saturated rings. The summed E-state index contributed by atoms with van der Waals surface area (Å²) in [6.45, 7) is 8.97. The van der Waals surface area contributed by atoms with Gasteiger partial charge in [-0.05, 0) is 55.4 Å². The molecule has 3 heterocycles. The van der Waals surface area contributed by atoms with Crippen molar-refractivity contribution in [2.45, 2.75) is 68.9 Å². The summed E-state index contributed by atoms with van der Waals surface area (Å²) >= 11 is 6.73. The highest BCUT2D eigenvalue weighted by molar-refractivity contribution is 6.34. The van der Waals surface area contributed by atoms with Crippen LogP contribution in [0.4, 0.5) is 5.69 Å². The van der Waals surface area contributed by atoms with E-state index in [0.717, 1.165) is 16.7 Å². The number of para-hydroxylation sites is 1. The van der Waals surface area contributed by atoms with Gasteiger partial charge in [-0.2, -0.15) is 0 Å². The van der Waals surface area contributed by atoms with Crippen molar-refractivity contribution in [3.63, 3.8) is 0 Å². The zero-order chi connectivity index (χ0) is 37.7. The fourth-order valence-corrected chi connectivity index (χ4v) is 8.70. The van der Waals surface area contributed by atoms with Crippen LogP contribution in [0, 0.1) is 18.8 Å². The Bertz CT molecular complexity index is 1820. The highest BCUT2D eigenvalue weighted by Gasteiger charge is 2.75. The number of esters is 1. The van der Waals surface area contributed by atoms with Crippen molar-refractivity contribution >= 4 is 41.0 Å². The van der Waals surface area contributed by atoms with Crippen LogP contribution in [0.2, 0.25) is 5.02 Å². The van der Waals surface area contributed by atoms with E-state index in [4.69, 9.17) is 21.1 Å². The summed E-state index contributed by atoms with van der Waals surface area (Å²) in [5.74, 6) is -3.67. The molecule has 2 bridgehead atoms. The Balaban J connectivity index is 1.38.